The van der Waals surface area contributed by atoms with Gasteiger partial charge in [0.05, 0.1) is 35.6 Å². The van der Waals surface area contributed by atoms with Crippen LogP contribution in [0.2, 0.25) is 0 Å². The van der Waals surface area contributed by atoms with Gasteiger partial charge in [0.2, 0.25) is 0 Å². The molecule has 1 aromatic heterocycles. The number of nitrogens with zero attached hydrogens (tertiary/aromatic N) is 1. The molecular weight excluding hydrogens is 877 g/mol. The molecule has 4 aromatic rings. The van der Waals surface area contributed by atoms with Gasteiger partial charge in [-0.25, -0.2) is 9.59 Å². The van der Waals surface area contributed by atoms with Gasteiger partial charge in [-0.1, -0.05) is 86.6 Å². The Morgan fingerprint density at radius 2 is 1.37 bits per heavy atom. The molecule has 0 radical (unpaired) electrons. The molecule has 3 aliphatic carbocycles. The van der Waals surface area contributed by atoms with E-state index >= 15 is 4.79 Å². The molecule has 16 nitrogen and oxygen atoms in total. The van der Waals surface area contributed by atoms with E-state index in [0.29, 0.717) is 5.56 Å². The summed E-state index contributed by atoms with van der Waals surface area (Å²) in [5.41, 5.74) is -7.02. The van der Waals surface area contributed by atoms with Crippen LogP contribution in [0, 0.1) is 16.7 Å². The number of aliphatic hydroxyl groups excluding tert-OH is 2. The van der Waals surface area contributed by atoms with Gasteiger partial charge in [-0.05, 0) is 67.0 Å². The van der Waals surface area contributed by atoms with Crippen LogP contribution in [0.4, 0.5) is 0 Å². The summed E-state index contributed by atoms with van der Waals surface area (Å²) in [6.07, 6.45) is -7.01. The van der Waals surface area contributed by atoms with E-state index in [1.54, 1.807) is 105 Å². The van der Waals surface area contributed by atoms with Crippen LogP contribution in [0.1, 0.15) is 86.7 Å². The zero-order valence-corrected chi connectivity index (χ0v) is 38.6. The number of carbonyl (C=O) groups is 6. The van der Waals surface area contributed by atoms with E-state index in [1.807, 2.05) is 18.2 Å². The molecule has 1 aliphatic heterocycles. The van der Waals surface area contributed by atoms with Crippen LogP contribution in [-0.4, -0.2) is 110 Å². The van der Waals surface area contributed by atoms with Crippen molar-refractivity contribution in [3.8, 4) is 0 Å². The fourth-order valence-corrected chi connectivity index (χ4v) is 10.5. The van der Waals surface area contributed by atoms with Crippen molar-refractivity contribution < 1.29 is 67.8 Å². The lowest BCUT2D eigenvalue weighted by Gasteiger charge is -2.67. The Hall–Kier alpha value is -6.59. The van der Waals surface area contributed by atoms with Crippen molar-refractivity contribution in [1.82, 2.24) is 10.3 Å². The van der Waals surface area contributed by atoms with Crippen LogP contribution in [0.25, 0.3) is 0 Å². The molecule has 0 spiro atoms. The second kappa shape index (κ2) is 19.6. The van der Waals surface area contributed by atoms with Crippen molar-refractivity contribution in [3.63, 3.8) is 0 Å². The molecule has 1 amide bonds. The van der Waals surface area contributed by atoms with Crippen molar-refractivity contribution in [2.24, 2.45) is 16.7 Å². The largest absolute Gasteiger partial charge is 0.456 e. The highest BCUT2D eigenvalue weighted by Crippen LogP contribution is 2.64. The minimum absolute atomic E-state index is 0.00289. The SMILES string of the molecule is CC(=O)O[C@H]1C(=O)[C@@]2(C)[C@H]([C@H](OC(=O)c3ccccc3)[C@]3(O)C[C@H](OC(=O)[C@H](O)[C@@H](NC(=O)c4ccccc4)c4ccccc4)C(C)=C1C3(C)C)[C@]1(OC(C)=O)CO[C@@H]1C[C@@H]2O.c1ccncc1. The van der Waals surface area contributed by atoms with Gasteiger partial charge in [0, 0.05) is 50.1 Å². The van der Waals surface area contributed by atoms with Crippen molar-refractivity contribution in [2.75, 3.05) is 6.61 Å². The number of esters is 4. The third-order valence-electron chi connectivity index (χ3n) is 14.0. The van der Waals surface area contributed by atoms with E-state index in [4.69, 9.17) is 23.7 Å². The Balaban J connectivity index is 0.00000106. The van der Waals surface area contributed by atoms with E-state index in [1.165, 1.54) is 26.0 Å². The second-order valence-corrected chi connectivity index (χ2v) is 18.4. The van der Waals surface area contributed by atoms with Crippen LogP contribution in [0.5, 0.6) is 0 Å². The van der Waals surface area contributed by atoms with Gasteiger partial charge in [-0.2, -0.15) is 0 Å². The zero-order valence-electron chi connectivity index (χ0n) is 38.6. The number of ketones is 1. The predicted molar refractivity (Wildman–Crippen MR) is 242 cm³/mol. The Morgan fingerprint density at radius 1 is 0.794 bits per heavy atom. The number of ether oxygens (including phenoxy) is 5. The highest BCUT2D eigenvalue weighted by molar-refractivity contribution is 5.96. The summed E-state index contributed by atoms with van der Waals surface area (Å²) >= 11 is 0. The number of fused-ring (bicyclic) bond motifs is 5. The van der Waals surface area contributed by atoms with Crippen LogP contribution in [0.3, 0.4) is 0 Å². The molecular formula is C52H56N2O14. The maximum atomic E-state index is 15.5. The van der Waals surface area contributed by atoms with Gasteiger partial charge in [0.1, 0.15) is 23.9 Å². The van der Waals surface area contributed by atoms with Crippen molar-refractivity contribution in [2.45, 2.75) is 108 Å². The lowest BCUT2D eigenvalue weighted by molar-refractivity contribution is -0.346. The van der Waals surface area contributed by atoms with Gasteiger partial charge in [0.25, 0.3) is 5.91 Å². The molecule has 2 heterocycles. The topological polar surface area (TPSA) is 234 Å². The number of hydrogen-bond acceptors (Lipinski definition) is 15. The fraction of sp³-hybridized carbons (Fsp3) is 0.404. The first kappa shape index (κ1) is 49.3. The smallest absolute Gasteiger partial charge is 0.338 e. The monoisotopic (exact) mass is 932 g/mol. The molecule has 3 fully saturated rings. The summed E-state index contributed by atoms with van der Waals surface area (Å²) < 4.78 is 30.3. The van der Waals surface area contributed by atoms with E-state index in [0.717, 1.165) is 13.8 Å². The van der Waals surface area contributed by atoms with Crippen LogP contribution >= 0.6 is 0 Å². The summed E-state index contributed by atoms with van der Waals surface area (Å²) in [7, 11) is 0. The molecule has 4 N–H and O–H groups in total. The Kier molecular flexibility index (Phi) is 14.2. The highest BCUT2D eigenvalue weighted by Gasteiger charge is 2.78. The second-order valence-electron chi connectivity index (χ2n) is 18.4. The number of carbonyl (C=O) groups excluding carboxylic acids is 6. The Morgan fingerprint density at radius 3 is 1.88 bits per heavy atom. The average molecular weight is 933 g/mol. The van der Waals surface area contributed by atoms with Crippen LogP contribution in [-0.2, 0) is 42.9 Å². The standard InChI is InChI=1S/C47H51NO14.C5H5N/c1-25-31(60-43(56)36(52)35(28-16-10-7-11-17-28)48-41(54)29-18-12-8-13-19-29)23-47(57)40(61-42(55)30-20-14-9-15-21-30)38-45(6,32(51)22-33-46(38,24-58-33)62-27(3)50)39(53)37(59-26(2)49)34(25)44(47,4)5;1-2-4-6-5-3-1/h7-21,31-33,35-38,40,51-52,57H,22-24H2,1-6H3,(H,48,54);1-5H/t31-,32-,33+,35-,36+,37+,38-,40-,45+,46-,47+;/m0./s1. The third-order valence-corrected chi connectivity index (χ3v) is 14.0. The number of amides is 1. The van der Waals surface area contributed by atoms with Crippen molar-refractivity contribution in [1.29, 1.82) is 0 Å². The summed E-state index contributed by atoms with van der Waals surface area (Å²) in [5.74, 6) is -6.84. The number of rotatable bonds is 10. The first-order chi connectivity index (χ1) is 32.3. The number of aromatic nitrogens is 1. The maximum absolute atomic E-state index is 15.5. The molecule has 3 aromatic carbocycles. The molecule has 2 saturated carbocycles. The maximum Gasteiger partial charge on any atom is 0.338 e. The molecule has 0 unspecified atom stereocenters. The average Bonchev–Trinajstić information content (AvgIpc) is 3.32. The molecule has 8 rings (SSSR count). The van der Waals surface area contributed by atoms with E-state index in [9.17, 15) is 39.3 Å². The molecule has 16 heteroatoms. The van der Waals surface area contributed by atoms with Crippen molar-refractivity contribution >= 4 is 35.6 Å². The number of Topliss-reactive ketones (excluding diaryl/α,β-unsaturated/α-hetero) is 1. The quantitative estimate of drug-likeness (QED) is 0.0949. The summed E-state index contributed by atoms with van der Waals surface area (Å²) in [6.45, 7) is 7.97. The fourth-order valence-electron chi connectivity index (χ4n) is 10.5. The third kappa shape index (κ3) is 8.96. The van der Waals surface area contributed by atoms with Crippen LogP contribution < -0.4 is 5.32 Å². The first-order valence-electron chi connectivity index (χ1n) is 22.3. The highest BCUT2D eigenvalue weighted by atomic mass is 16.6. The number of aliphatic hydroxyl groups is 3. The normalized spacial score (nSPS) is 29.8. The van der Waals surface area contributed by atoms with Gasteiger partial charge in [-0.3, -0.25) is 24.2 Å². The lowest BCUT2D eigenvalue weighted by Crippen LogP contribution is -2.82. The number of pyridine rings is 1. The van der Waals surface area contributed by atoms with E-state index in [2.05, 4.69) is 10.3 Å². The Bertz CT molecular complexity index is 2510. The number of nitrogens with one attached hydrogen (secondary N) is 1. The first-order valence-corrected chi connectivity index (χ1v) is 22.3. The minimum Gasteiger partial charge on any atom is -0.456 e. The minimum atomic E-state index is -2.39. The van der Waals surface area contributed by atoms with Gasteiger partial charge < -0.3 is 44.3 Å². The molecule has 2 bridgehead atoms. The summed E-state index contributed by atoms with van der Waals surface area (Å²) in [5, 5.41) is 40.2. The Labute approximate surface area is 393 Å². The molecule has 11 atom stereocenters. The summed E-state index contributed by atoms with van der Waals surface area (Å²) in [6, 6.07) is 28.7. The molecule has 68 heavy (non-hydrogen) atoms. The molecule has 1 saturated heterocycles. The van der Waals surface area contributed by atoms with Gasteiger partial charge in [-0.15, -0.1) is 0 Å². The summed E-state index contributed by atoms with van der Waals surface area (Å²) in [4.78, 5) is 87.2. The van der Waals surface area contributed by atoms with E-state index in [-0.39, 0.29) is 35.3 Å². The van der Waals surface area contributed by atoms with Crippen LogP contribution in [0.15, 0.2) is 133 Å². The van der Waals surface area contributed by atoms with E-state index < -0.39 is 113 Å². The molecule has 4 aliphatic rings. The van der Waals surface area contributed by atoms with Gasteiger partial charge >= 0.3 is 23.9 Å². The van der Waals surface area contributed by atoms with Crippen molar-refractivity contribution in [3.05, 3.63) is 149 Å². The lowest BCUT2D eigenvalue weighted by atomic mass is 9.44. The number of benzene rings is 3. The number of hydrogen-bond donors (Lipinski definition) is 4. The zero-order chi connectivity index (χ0) is 49.2. The van der Waals surface area contributed by atoms with Gasteiger partial charge in [0.15, 0.2) is 23.6 Å². The molecule has 358 valence electrons. The predicted octanol–water partition coefficient (Wildman–Crippen LogP) is 4.82.